The van der Waals surface area contributed by atoms with Crippen LogP contribution in [0.1, 0.15) is 52.8 Å². The van der Waals surface area contributed by atoms with Crippen LogP contribution in [0.25, 0.3) is 10.8 Å². The second-order valence-corrected chi connectivity index (χ2v) is 7.94. The summed E-state index contributed by atoms with van der Waals surface area (Å²) in [6.07, 6.45) is 5.32. The van der Waals surface area contributed by atoms with Crippen molar-refractivity contribution in [3.8, 4) is 0 Å². The van der Waals surface area contributed by atoms with Gasteiger partial charge in [0.1, 0.15) is 0 Å². The van der Waals surface area contributed by atoms with Crippen molar-refractivity contribution in [2.75, 3.05) is 12.8 Å². The maximum absolute atomic E-state index is 13.3. The molecule has 0 aliphatic carbocycles. The molecule has 2 amide bonds. The van der Waals surface area contributed by atoms with E-state index in [-0.39, 0.29) is 17.9 Å². The van der Waals surface area contributed by atoms with Gasteiger partial charge in [0.05, 0.1) is 0 Å². The number of nitrogens with zero attached hydrogens (tertiary/aromatic N) is 2. The monoisotopic (exact) mass is 349 g/mol. The fourth-order valence-electron chi connectivity index (χ4n) is 5.27. The highest BCUT2D eigenvalue weighted by molar-refractivity contribution is 6.26. The second kappa shape index (κ2) is 5.55. The first kappa shape index (κ1) is 15.8. The summed E-state index contributed by atoms with van der Waals surface area (Å²) in [5.74, 6) is -0.322. The lowest BCUT2D eigenvalue weighted by Crippen LogP contribution is -2.58. The van der Waals surface area contributed by atoms with E-state index in [0.717, 1.165) is 31.1 Å². The zero-order valence-corrected chi connectivity index (χ0v) is 14.9. The van der Waals surface area contributed by atoms with E-state index in [0.29, 0.717) is 34.3 Å². The van der Waals surface area contributed by atoms with E-state index >= 15 is 0 Å². The van der Waals surface area contributed by atoms with Gasteiger partial charge in [-0.15, -0.1) is 0 Å². The molecule has 5 heteroatoms. The molecular weight excluding hydrogens is 326 g/mol. The SMILES string of the molecule is CN1[C@@H]2CCC[C@H]1CC(N1C(=O)c3cccc4c(N)ccc(c34)C1=O)C2. The fraction of sp³-hybridized carbons (Fsp3) is 0.429. The quantitative estimate of drug-likeness (QED) is 0.635. The van der Waals surface area contributed by atoms with Gasteiger partial charge in [0.15, 0.2) is 0 Å². The molecule has 0 spiro atoms. The average molecular weight is 349 g/mol. The maximum Gasteiger partial charge on any atom is 0.261 e. The molecule has 26 heavy (non-hydrogen) atoms. The number of piperidine rings is 2. The fourth-order valence-corrected chi connectivity index (χ4v) is 5.27. The van der Waals surface area contributed by atoms with E-state index in [1.54, 1.807) is 17.0 Å². The summed E-state index contributed by atoms with van der Waals surface area (Å²) >= 11 is 0. The lowest BCUT2D eigenvalue weighted by molar-refractivity contribution is 0.0108. The normalized spacial score (nSPS) is 28.7. The van der Waals surface area contributed by atoms with Gasteiger partial charge < -0.3 is 10.6 Å². The second-order valence-electron chi connectivity index (χ2n) is 7.94. The van der Waals surface area contributed by atoms with Crippen LogP contribution < -0.4 is 5.73 Å². The van der Waals surface area contributed by atoms with Crippen molar-refractivity contribution in [2.45, 2.75) is 50.2 Å². The molecule has 3 aliphatic rings. The Balaban J connectivity index is 1.59. The van der Waals surface area contributed by atoms with Crippen molar-refractivity contribution in [1.29, 1.82) is 0 Å². The van der Waals surface area contributed by atoms with Gasteiger partial charge in [-0.1, -0.05) is 18.6 Å². The number of fused-ring (bicyclic) bond motifs is 2. The summed E-state index contributed by atoms with van der Waals surface area (Å²) in [5, 5.41) is 1.51. The molecule has 0 saturated carbocycles. The lowest BCUT2D eigenvalue weighted by atomic mass is 9.80. The molecule has 0 aromatic heterocycles. The number of anilines is 1. The Morgan fingerprint density at radius 2 is 1.58 bits per heavy atom. The average Bonchev–Trinajstić information content (AvgIpc) is 2.61. The van der Waals surface area contributed by atoms with E-state index in [9.17, 15) is 9.59 Å². The smallest absolute Gasteiger partial charge is 0.261 e. The van der Waals surface area contributed by atoms with Gasteiger partial charge in [-0.2, -0.15) is 0 Å². The van der Waals surface area contributed by atoms with Crippen LogP contribution >= 0.6 is 0 Å². The zero-order valence-electron chi connectivity index (χ0n) is 14.9. The molecule has 3 aliphatic heterocycles. The first-order valence-corrected chi connectivity index (χ1v) is 9.47. The van der Waals surface area contributed by atoms with Crippen LogP contribution in [0.4, 0.5) is 5.69 Å². The predicted molar refractivity (Wildman–Crippen MR) is 101 cm³/mol. The third-order valence-electron chi connectivity index (χ3n) is 6.65. The van der Waals surface area contributed by atoms with Gasteiger partial charge in [0.2, 0.25) is 0 Å². The number of carbonyl (C=O) groups excluding carboxylic acids is 2. The van der Waals surface area contributed by atoms with E-state index in [4.69, 9.17) is 5.73 Å². The highest BCUT2D eigenvalue weighted by atomic mass is 16.2. The largest absolute Gasteiger partial charge is 0.398 e. The van der Waals surface area contributed by atoms with Gasteiger partial charge >= 0.3 is 0 Å². The van der Waals surface area contributed by atoms with Gasteiger partial charge in [-0.25, -0.2) is 0 Å². The van der Waals surface area contributed by atoms with E-state index in [2.05, 4.69) is 11.9 Å². The van der Waals surface area contributed by atoms with Crippen LogP contribution in [0, 0.1) is 0 Å². The third-order valence-corrected chi connectivity index (χ3v) is 6.65. The van der Waals surface area contributed by atoms with Crippen molar-refractivity contribution >= 4 is 28.3 Å². The van der Waals surface area contributed by atoms with Gasteiger partial charge in [0, 0.05) is 45.7 Å². The molecule has 1 unspecified atom stereocenters. The Hall–Kier alpha value is -2.40. The number of rotatable bonds is 1. The molecule has 2 aromatic carbocycles. The number of hydrogen-bond donors (Lipinski definition) is 1. The Morgan fingerprint density at radius 3 is 2.27 bits per heavy atom. The van der Waals surface area contributed by atoms with Crippen molar-refractivity contribution in [3.63, 3.8) is 0 Å². The standard InChI is InChI=1S/C21H23N3O2/c1-23-12-4-2-5-13(23)11-14(10-12)24-20(25)16-7-3-6-15-18(22)9-8-17(19(15)16)21(24)26/h3,6-9,12-14H,2,4-5,10-11,22H2,1H3/t12-,13+,14?. The maximum atomic E-state index is 13.3. The predicted octanol–water partition coefficient (Wildman–Crippen LogP) is 3.03. The molecule has 3 heterocycles. The van der Waals surface area contributed by atoms with E-state index < -0.39 is 0 Å². The summed E-state index contributed by atoms with van der Waals surface area (Å²) in [5.41, 5.74) is 7.89. The number of benzene rings is 2. The minimum Gasteiger partial charge on any atom is -0.398 e. The number of nitrogen functional groups attached to an aromatic ring is 1. The van der Waals surface area contributed by atoms with Crippen LogP contribution in [-0.4, -0.2) is 46.8 Å². The van der Waals surface area contributed by atoms with Gasteiger partial charge in [-0.05, 0) is 50.9 Å². The molecule has 5 nitrogen and oxygen atoms in total. The first-order valence-electron chi connectivity index (χ1n) is 9.47. The lowest BCUT2D eigenvalue weighted by Gasteiger charge is -2.49. The van der Waals surface area contributed by atoms with Crippen LogP contribution in [0.3, 0.4) is 0 Å². The highest BCUT2D eigenvalue weighted by Crippen LogP contribution is 2.39. The molecule has 3 atom stereocenters. The van der Waals surface area contributed by atoms with Crippen LogP contribution in [0.15, 0.2) is 30.3 Å². The third kappa shape index (κ3) is 2.07. The Morgan fingerprint density at radius 1 is 0.923 bits per heavy atom. The molecule has 5 rings (SSSR count). The zero-order chi connectivity index (χ0) is 18.0. The Labute approximate surface area is 152 Å². The van der Waals surface area contributed by atoms with E-state index in [1.807, 2.05) is 18.2 Å². The molecule has 2 saturated heterocycles. The molecule has 2 fully saturated rings. The Kier molecular flexibility index (Phi) is 3.38. The minimum absolute atomic E-state index is 0.0116. The van der Waals surface area contributed by atoms with Crippen LogP contribution in [0.5, 0.6) is 0 Å². The molecular formula is C21H23N3O2. The number of hydrogen-bond acceptors (Lipinski definition) is 4. The summed E-state index contributed by atoms with van der Waals surface area (Å²) in [6, 6.07) is 10.0. The van der Waals surface area contributed by atoms with Gasteiger partial charge in [0.25, 0.3) is 11.8 Å². The minimum atomic E-state index is -0.161. The Bertz CT molecular complexity index is 902. The summed E-state index contributed by atoms with van der Waals surface area (Å²) in [6.45, 7) is 0. The molecule has 134 valence electrons. The number of nitrogens with two attached hydrogens (primary N) is 1. The first-order chi connectivity index (χ1) is 12.6. The van der Waals surface area contributed by atoms with Crippen molar-refractivity contribution in [3.05, 3.63) is 41.5 Å². The summed E-state index contributed by atoms with van der Waals surface area (Å²) < 4.78 is 0. The number of amides is 2. The summed E-state index contributed by atoms with van der Waals surface area (Å²) in [7, 11) is 2.18. The number of carbonyl (C=O) groups is 2. The molecule has 0 radical (unpaired) electrons. The number of imide groups is 1. The van der Waals surface area contributed by atoms with Crippen molar-refractivity contribution in [1.82, 2.24) is 9.80 Å². The highest BCUT2D eigenvalue weighted by Gasteiger charge is 2.44. The van der Waals surface area contributed by atoms with Gasteiger partial charge in [-0.3, -0.25) is 14.5 Å². The molecule has 2 bridgehead atoms. The van der Waals surface area contributed by atoms with E-state index in [1.165, 1.54) is 6.42 Å². The van der Waals surface area contributed by atoms with Crippen molar-refractivity contribution in [2.24, 2.45) is 0 Å². The van der Waals surface area contributed by atoms with Crippen LogP contribution in [0.2, 0.25) is 0 Å². The summed E-state index contributed by atoms with van der Waals surface area (Å²) in [4.78, 5) is 30.6. The topological polar surface area (TPSA) is 66.6 Å². The van der Waals surface area contributed by atoms with Crippen molar-refractivity contribution < 1.29 is 9.59 Å². The molecule has 2 aromatic rings. The van der Waals surface area contributed by atoms with Crippen LogP contribution in [-0.2, 0) is 0 Å². The molecule has 2 N–H and O–H groups in total.